The molecule has 1 heterocycles. The predicted molar refractivity (Wildman–Crippen MR) is 92.0 cm³/mol. The first-order valence-corrected chi connectivity index (χ1v) is 8.24. The maximum atomic E-state index is 12.2. The molecule has 0 saturated carbocycles. The number of aliphatic hydroxyl groups is 1. The lowest BCUT2D eigenvalue weighted by Crippen LogP contribution is -2.46. The molecule has 1 fully saturated rings. The Balaban J connectivity index is 1.62. The lowest BCUT2D eigenvalue weighted by molar-refractivity contribution is 0.0841. The average Bonchev–Trinajstić information content (AvgIpc) is 2.61. The second kappa shape index (κ2) is 7.84. The number of para-hydroxylation sites is 2. The van der Waals surface area contributed by atoms with E-state index >= 15 is 0 Å². The van der Waals surface area contributed by atoms with E-state index in [1.165, 1.54) is 0 Å². The number of nitrogens with zero attached hydrogens (tertiary/aromatic N) is 1. The number of hydrogen-bond acceptors (Lipinski definition) is 3. The Morgan fingerprint density at radius 2 is 1.92 bits per heavy atom. The normalized spacial score (nSPS) is 17.4. The van der Waals surface area contributed by atoms with Crippen molar-refractivity contribution in [3.63, 3.8) is 0 Å². The number of piperidine rings is 1. The highest BCUT2D eigenvalue weighted by molar-refractivity contribution is 5.74. The Morgan fingerprint density at radius 3 is 2.71 bits per heavy atom. The van der Waals surface area contributed by atoms with Crippen molar-refractivity contribution in [2.75, 3.05) is 13.1 Å². The smallest absolute Gasteiger partial charge is 0.317 e. The van der Waals surface area contributed by atoms with Gasteiger partial charge in [-0.25, -0.2) is 4.79 Å². The molecular weight excluding hydrogens is 304 g/mol. The predicted octanol–water partition coefficient (Wildman–Crippen LogP) is 3.15. The van der Waals surface area contributed by atoms with Gasteiger partial charge in [0.15, 0.2) is 0 Å². The fourth-order valence-corrected chi connectivity index (χ4v) is 2.79. The van der Waals surface area contributed by atoms with Crippen molar-refractivity contribution in [2.45, 2.75) is 25.5 Å². The summed E-state index contributed by atoms with van der Waals surface area (Å²) in [6, 6.07) is 17.1. The third-order valence-electron chi connectivity index (χ3n) is 4.06. The minimum absolute atomic E-state index is 0.150. The van der Waals surface area contributed by atoms with E-state index in [1.807, 2.05) is 54.6 Å². The van der Waals surface area contributed by atoms with Gasteiger partial charge in [-0.2, -0.15) is 0 Å². The standard InChI is InChI=1S/C19H22N2O3/c22-16-8-6-12-21(14-16)19(23)20-13-15-7-4-5-11-18(15)24-17-9-2-1-3-10-17/h1-5,7,9-11,16,22H,6,8,12-14H2,(H,20,23). The molecule has 2 aromatic rings. The number of benzene rings is 2. The van der Waals surface area contributed by atoms with Crippen LogP contribution in [0.25, 0.3) is 0 Å². The van der Waals surface area contributed by atoms with Gasteiger partial charge in [0.2, 0.25) is 0 Å². The topological polar surface area (TPSA) is 61.8 Å². The molecule has 0 aromatic heterocycles. The third-order valence-corrected chi connectivity index (χ3v) is 4.06. The number of β-amino-alcohol motifs (C(OH)–C–C–N with tert-alkyl or cyclic N) is 1. The lowest BCUT2D eigenvalue weighted by atomic mass is 10.1. The molecule has 3 rings (SSSR count). The second-order valence-electron chi connectivity index (χ2n) is 5.92. The molecule has 0 aliphatic carbocycles. The van der Waals surface area contributed by atoms with Gasteiger partial charge in [0.1, 0.15) is 11.5 Å². The summed E-state index contributed by atoms with van der Waals surface area (Å²) in [6.45, 7) is 1.47. The maximum absolute atomic E-state index is 12.2. The van der Waals surface area contributed by atoms with E-state index in [0.717, 1.165) is 29.9 Å². The van der Waals surface area contributed by atoms with E-state index in [0.29, 0.717) is 19.6 Å². The lowest BCUT2D eigenvalue weighted by Gasteiger charge is -2.30. The number of nitrogens with one attached hydrogen (secondary N) is 1. The Hall–Kier alpha value is -2.53. The van der Waals surface area contributed by atoms with Gasteiger partial charge in [-0.3, -0.25) is 0 Å². The number of likely N-dealkylation sites (tertiary alicyclic amines) is 1. The van der Waals surface area contributed by atoms with Crippen LogP contribution < -0.4 is 10.1 Å². The maximum Gasteiger partial charge on any atom is 0.317 e. The summed E-state index contributed by atoms with van der Waals surface area (Å²) >= 11 is 0. The largest absolute Gasteiger partial charge is 0.457 e. The number of amides is 2. The molecular formula is C19H22N2O3. The highest BCUT2D eigenvalue weighted by atomic mass is 16.5. The molecule has 5 nitrogen and oxygen atoms in total. The van der Waals surface area contributed by atoms with Gasteiger partial charge in [0.25, 0.3) is 0 Å². The van der Waals surface area contributed by atoms with Crippen LogP contribution in [0.2, 0.25) is 0 Å². The van der Waals surface area contributed by atoms with E-state index in [1.54, 1.807) is 4.90 Å². The van der Waals surface area contributed by atoms with Gasteiger partial charge in [0.05, 0.1) is 6.10 Å². The number of ether oxygens (including phenoxy) is 1. The molecule has 1 atom stereocenters. The minimum Gasteiger partial charge on any atom is -0.457 e. The quantitative estimate of drug-likeness (QED) is 0.907. The molecule has 126 valence electrons. The number of hydrogen-bond donors (Lipinski definition) is 2. The summed E-state index contributed by atoms with van der Waals surface area (Å²) in [6.07, 6.45) is 1.18. The third kappa shape index (κ3) is 4.26. The Bertz CT molecular complexity index is 675. The Kier molecular flexibility index (Phi) is 5.33. The van der Waals surface area contributed by atoms with Crippen molar-refractivity contribution in [1.82, 2.24) is 10.2 Å². The van der Waals surface area contributed by atoms with Crippen LogP contribution in [0.1, 0.15) is 18.4 Å². The van der Waals surface area contributed by atoms with Gasteiger partial charge in [-0.15, -0.1) is 0 Å². The van der Waals surface area contributed by atoms with Gasteiger partial charge in [-0.1, -0.05) is 36.4 Å². The molecule has 0 spiro atoms. The van der Waals surface area contributed by atoms with Crippen molar-refractivity contribution >= 4 is 6.03 Å². The zero-order valence-electron chi connectivity index (χ0n) is 13.5. The number of aliphatic hydroxyl groups excluding tert-OH is 1. The van der Waals surface area contributed by atoms with Crippen LogP contribution in [-0.4, -0.2) is 35.2 Å². The van der Waals surface area contributed by atoms with Crippen molar-refractivity contribution in [3.05, 3.63) is 60.2 Å². The van der Waals surface area contributed by atoms with Crippen LogP contribution in [0.15, 0.2) is 54.6 Å². The SMILES string of the molecule is O=C(NCc1ccccc1Oc1ccccc1)N1CCCC(O)C1. The van der Waals surface area contributed by atoms with Crippen LogP contribution in [0.3, 0.4) is 0 Å². The van der Waals surface area contributed by atoms with E-state index in [-0.39, 0.29) is 6.03 Å². The van der Waals surface area contributed by atoms with E-state index in [2.05, 4.69) is 5.32 Å². The van der Waals surface area contributed by atoms with Crippen molar-refractivity contribution in [2.24, 2.45) is 0 Å². The van der Waals surface area contributed by atoms with E-state index in [9.17, 15) is 9.90 Å². The summed E-state index contributed by atoms with van der Waals surface area (Å²) in [5, 5.41) is 12.6. The summed E-state index contributed by atoms with van der Waals surface area (Å²) in [7, 11) is 0. The fourth-order valence-electron chi connectivity index (χ4n) is 2.79. The van der Waals surface area contributed by atoms with Gasteiger partial charge >= 0.3 is 6.03 Å². The molecule has 1 aliphatic heterocycles. The monoisotopic (exact) mass is 326 g/mol. The molecule has 2 amide bonds. The van der Waals surface area contributed by atoms with E-state index in [4.69, 9.17) is 4.74 Å². The van der Waals surface area contributed by atoms with Crippen LogP contribution in [-0.2, 0) is 6.54 Å². The summed E-state index contributed by atoms with van der Waals surface area (Å²) < 4.78 is 5.90. The minimum atomic E-state index is -0.418. The van der Waals surface area contributed by atoms with Crippen molar-refractivity contribution < 1.29 is 14.6 Å². The fraction of sp³-hybridized carbons (Fsp3) is 0.316. The van der Waals surface area contributed by atoms with E-state index < -0.39 is 6.10 Å². The van der Waals surface area contributed by atoms with Gasteiger partial charge in [-0.05, 0) is 31.0 Å². The van der Waals surface area contributed by atoms with Crippen molar-refractivity contribution in [1.29, 1.82) is 0 Å². The van der Waals surface area contributed by atoms with Crippen molar-refractivity contribution in [3.8, 4) is 11.5 Å². The molecule has 2 N–H and O–H groups in total. The number of rotatable bonds is 4. The van der Waals surface area contributed by atoms with Gasteiger partial charge < -0.3 is 20.1 Å². The molecule has 5 heteroatoms. The zero-order valence-corrected chi connectivity index (χ0v) is 13.5. The first kappa shape index (κ1) is 16.3. The molecule has 2 aromatic carbocycles. The molecule has 0 bridgehead atoms. The van der Waals surface area contributed by atoms with Crippen LogP contribution in [0.4, 0.5) is 4.79 Å². The van der Waals surface area contributed by atoms with Crippen LogP contribution in [0, 0.1) is 0 Å². The summed E-state index contributed by atoms with van der Waals surface area (Å²) in [5.74, 6) is 1.48. The average molecular weight is 326 g/mol. The molecule has 1 aliphatic rings. The van der Waals surface area contributed by atoms with Gasteiger partial charge in [0, 0.05) is 25.2 Å². The molecule has 1 saturated heterocycles. The highest BCUT2D eigenvalue weighted by Gasteiger charge is 2.21. The number of carbonyl (C=O) groups is 1. The molecule has 0 radical (unpaired) electrons. The van der Waals surface area contributed by atoms with Crippen LogP contribution in [0.5, 0.6) is 11.5 Å². The molecule has 24 heavy (non-hydrogen) atoms. The molecule has 1 unspecified atom stereocenters. The first-order chi connectivity index (χ1) is 11.7. The number of urea groups is 1. The summed E-state index contributed by atoms with van der Waals surface area (Å²) in [5.41, 5.74) is 0.910. The summed E-state index contributed by atoms with van der Waals surface area (Å²) in [4.78, 5) is 13.9. The van der Waals surface area contributed by atoms with Crippen LogP contribution >= 0.6 is 0 Å². The number of carbonyl (C=O) groups excluding carboxylic acids is 1. The first-order valence-electron chi connectivity index (χ1n) is 8.24. The highest BCUT2D eigenvalue weighted by Crippen LogP contribution is 2.25. The Morgan fingerprint density at radius 1 is 1.17 bits per heavy atom. The zero-order chi connectivity index (χ0) is 16.8. The Labute approximate surface area is 141 Å². The second-order valence-corrected chi connectivity index (χ2v) is 5.92.